The van der Waals surface area contributed by atoms with Crippen LogP contribution in [0.5, 0.6) is 0 Å². The van der Waals surface area contributed by atoms with E-state index in [1.807, 2.05) is 0 Å². The van der Waals surface area contributed by atoms with Crippen molar-refractivity contribution in [1.82, 2.24) is 10.2 Å². The van der Waals surface area contributed by atoms with Crippen molar-refractivity contribution < 1.29 is 13.6 Å². The number of anilines is 1. The van der Waals surface area contributed by atoms with Crippen LogP contribution in [0.15, 0.2) is 52.1 Å². The first-order valence-electron chi connectivity index (χ1n) is 6.99. The van der Waals surface area contributed by atoms with Crippen molar-refractivity contribution in [2.45, 2.75) is 5.22 Å². The van der Waals surface area contributed by atoms with Crippen molar-refractivity contribution in [3.05, 3.63) is 58.3 Å². The Kier molecular flexibility index (Phi) is 5.57. The first-order valence-corrected chi connectivity index (χ1v) is 8.73. The SMILES string of the molecule is O=C(CSc1nnc(-c2ccccc2F)o1)Nc1cc(Cl)ccc1Cl. The lowest BCUT2D eigenvalue weighted by Crippen LogP contribution is -2.14. The molecule has 0 bridgehead atoms. The van der Waals surface area contributed by atoms with Gasteiger partial charge in [-0.25, -0.2) is 4.39 Å². The summed E-state index contributed by atoms with van der Waals surface area (Å²) in [5.41, 5.74) is 0.620. The molecule has 3 aromatic rings. The quantitative estimate of drug-likeness (QED) is 0.619. The number of hydrogen-bond donors (Lipinski definition) is 1. The average molecular weight is 398 g/mol. The first-order chi connectivity index (χ1) is 12.0. The largest absolute Gasteiger partial charge is 0.411 e. The van der Waals surface area contributed by atoms with E-state index in [-0.39, 0.29) is 28.3 Å². The number of benzene rings is 2. The van der Waals surface area contributed by atoms with E-state index >= 15 is 0 Å². The molecule has 9 heteroatoms. The molecule has 0 saturated heterocycles. The number of nitrogens with one attached hydrogen (secondary N) is 1. The molecule has 1 aromatic heterocycles. The minimum absolute atomic E-state index is 0.0156. The molecule has 2 aromatic carbocycles. The number of amides is 1. The van der Waals surface area contributed by atoms with Gasteiger partial charge in [-0.3, -0.25) is 4.79 Å². The topological polar surface area (TPSA) is 68.0 Å². The molecule has 0 spiro atoms. The number of carbonyl (C=O) groups excluding carboxylic acids is 1. The highest BCUT2D eigenvalue weighted by Crippen LogP contribution is 2.27. The van der Waals surface area contributed by atoms with Crippen molar-refractivity contribution >= 4 is 46.6 Å². The normalized spacial score (nSPS) is 10.7. The van der Waals surface area contributed by atoms with Gasteiger partial charge in [0.25, 0.3) is 11.1 Å². The average Bonchev–Trinajstić information content (AvgIpc) is 3.05. The lowest BCUT2D eigenvalue weighted by Gasteiger charge is -2.06. The third-order valence-corrected chi connectivity index (χ3v) is 4.42. The van der Waals surface area contributed by atoms with Crippen LogP contribution in [0.4, 0.5) is 10.1 Å². The van der Waals surface area contributed by atoms with E-state index in [0.29, 0.717) is 15.7 Å². The fraction of sp³-hybridized carbons (Fsp3) is 0.0625. The molecule has 5 nitrogen and oxygen atoms in total. The third-order valence-electron chi connectivity index (χ3n) is 3.04. The molecule has 128 valence electrons. The fourth-order valence-corrected chi connectivity index (χ4v) is 2.82. The summed E-state index contributed by atoms with van der Waals surface area (Å²) in [4.78, 5) is 12.0. The van der Waals surface area contributed by atoms with Crippen LogP contribution in [-0.2, 0) is 4.79 Å². The first kappa shape index (κ1) is 17.7. The van der Waals surface area contributed by atoms with Crippen molar-refractivity contribution in [2.24, 2.45) is 0 Å². The summed E-state index contributed by atoms with van der Waals surface area (Å²) in [6.07, 6.45) is 0. The van der Waals surface area contributed by atoms with Crippen LogP contribution in [0.1, 0.15) is 0 Å². The molecule has 0 aliphatic heterocycles. The van der Waals surface area contributed by atoms with Crippen LogP contribution in [0.3, 0.4) is 0 Å². The van der Waals surface area contributed by atoms with E-state index in [2.05, 4.69) is 15.5 Å². The molecule has 1 amide bonds. The van der Waals surface area contributed by atoms with Gasteiger partial charge in [-0.1, -0.05) is 47.1 Å². The van der Waals surface area contributed by atoms with Crippen LogP contribution in [0, 0.1) is 5.82 Å². The Labute approximate surface area is 156 Å². The lowest BCUT2D eigenvalue weighted by atomic mass is 10.2. The maximum Gasteiger partial charge on any atom is 0.277 e. The summed E-state index contributed by atoms with van der Waals surface area (Å²) >= 11 is 12.9. The number of aromatic nitrogens is 2. The van der Waals surface area contributed by atoms with Gasteiger partial charge in [0.1, 0.15) is 5.82 Å². The van der Waals surface area contributed by atoms with Crippen molar-refractivity contribution in [3.8, 4) is 11.5 Å². The maximum atomic E-state index is 13.7. The zero-order valence-electron chi connectivity index (χ0n) is 12.5. The highest BCUT2D eigenvalue weighted by Gasteiger charge is 2.14. The molecule has 0 atom stereocenters. The molecule has 0 fully saturated rings. The number of hydrogen-bond acceptors (Lipinski definition) is 5. The number of carbonyl (C=O) groups is 1. The predicted molar refractivity (Wildman–Crippen MR) is 95.5 cm³/mol. The zero-order valence-corrected chi connectivity index (χ0v) is 14.8. The van der Waals surface area contributed by atoms with E-state index in [1.165, 1.54) is 12.1 Å². The minimum Gasteiger partial charge on any atom is -0.411 e. The van der Waals surface area contributed by atoms with E-state index in [1.54, 1.807) is 30.3 Å². The van der Waals surface area contributed by atoms with Gasteiger partial charge >= 0.3 is 0 Å². The summed E-state index contributed by atoms with van der Waals surface area (Å²) in [5, 5.41) is 11.2. The molecule has 25 heavy (non-hydrogen) atoms. The highest BCUT2D eigenvalue weighted by molar-refractivity contribution is 7.99. The summed E-state index contributed by atoms with van der Waals surface area (Å²) in [6, 6.07) is 10.8. The van der Waals surface area contributed by atoms with Crippen molar-refractivity contribution in [1.29, 1.82) is 0 Å². The summed E-state index contributed by atoms with van der Waals surface area (Å²) in [7, 11) is 0. The van der Waals surface area contributed by atoms with Gasteiger partial charge in [-0.2, -0.15) is 0 Å². The van der Waals surface area contributed by atoms with Crippen LogP contribution in [0.2, 0.25) is 10.0 Å². The Balaban J connectivity index is 1.61. The van der Waals surface area contributed by atoms with Crippen LogP contribution >= 0.6 is 35.0 Å². The van der Waals surface area contributed by atoms with Gasteiger partial charge < -0.3 is 9.73 Å². The van der Waals surface area contributed by atoms with Crippen LogP contribution < -0.4 is 5.32 Å². The van der Waals surface area contributed by atoms with Crippen LogP contribution in [0.25, 0.3) is 11.5 Å². The predicted octanol–water partition coefficient (Wildman–Crippen LogP) is 4.91. The van der Waals surface area contributed by atoms with E-state index in [9.17, 15) is 9.18 Å². The van der Waals surface area contributed by atoms with Crippen LogP contribution in [-0.4, -0.2) is 21.9 Å². The van der Waals surface area contributed by atoms with Gasteiger partial charge in [0.05, 0.1) is 22.0 Å². The van der Waals surface area contributed by atoms with Gasteiger partial charge in [-0.05, 0) is 30.3 Å². The molecule has 0 aliphatic rings. The Morgan fingerprint density at radius 2 is 2.00 bits per heavy atom. The van der Waals surface area contributed by atoms with Gasteiger partial charge in [0, 0.05) is 5.02 Å². The number of halogens is 3. The Hall–Kier alpha value is -2.09. The fourth-order valence-electron chi connectivity index (χ4n) is 1.92. The standard InChI is InChI=1S/C16H10Cl2FN3O2S/c17-9-5-6-11(18)13(7-9)20-14(23)8-25-16-22-21-15(24-16)10-3-1-2-4-12(10)19/h1-7H,8H2,(H,20,23). The Bertz CT molecular complexity index is 920. The maximum absolute atomic E-state index is 13.7. The molecule has 0 radical (unpaired) electrons. The second-order valence-corrected chi connectivity index (χ2v) is 6.58. The van der Waals surface area contributed by atoms with Crippen molar-refractivity contribution in [2.75, 3.05) is 11.1 Å². The molecular formula is C16H10Cl2FN3O2S. The smallest absolute Gasteiger partial charge is 0.277 e. The molecule has 1 heterocycles. The molecule has 0 aliphatic carbocycles. The summed E-state index contributed by atoms with van der Waals surface area (Å²) in [6.45, 7) is 0. The zero-order chi connectivity index (χ0) is 17.8. The molecule has 3 rings (SSSR count). The minimum atomic E-state index is -0.462. The second-order valence-electron chi connectivity index (χ2n) is 4.81. The Morgan fingerprint density at radius 3 is 2.80 bits per heavy atom. The molecular weight excluding hydrogens is 388 g/mol. The van der Waals surface area contributed by atoms with Gasteiger partial charge in [0.15, 0.2) is 0 Å². The summed E-state index contributed by atoms with van der Waals surface area (Å²) < 4.78 is 19.1. The lowest BCUT2D eigenvalue weighted by molar-refractivity contribution is -0.113. The Morgan fingerprint density at radius 1 is 1.20 bits per heavy atom. The van der Waals surface area contributed by atoms with Crippen molar-refractivity contribution in [3.63, 3.8) is 0 Å². The van der Waals surface area contributed by atoms with E-state index < -0.39 is 5.82 Å². The molecule has 0 saturated carbocycles. The van der Waals surface area contributed by atoms with E-state index in [0.717, 1.165) is 11.8 Å². The number of rotatable bonds is 5. The number of thioether (sulfide) groups is 1. The number of nitrogens with zero attached hydrogens (tertiary/aromatic N) is 2. The second kappa shape index (κ2) is 7.86. The third kappa shape index (κ3) is 4.50. The van der Waals surface area contributed by atoms with Gasteiger partial charge in [-0.15, -0.1) is 10.2 Å². The van der Waals surface area contributed by atoms with Gasteiger partial charge in [0.2, 0.25) is 5.91 Å². The molecule has 1 N–H and O–H groups in total. The molecule has 0 unspecified atom stereocenters. The highest BCUT2D eigenvalue weighted by atomic mass is 35.5. The van der Waals surface area contributed by atoms with E-state index in [4.69, 9.17) is 27.6 Å². The summed E-state index contributed by atoms with van der Waals surface area (Å²) in [5.74, 6) is -0.711. The monoisotopic (exact) mass is 397 g/mol.